The van der Waals surface area contributed by atoms with E-state index in [-0.39, 0.29) is 5.91 Å². The Morgan fingerprint density at radius 3 is 3.00 bits per heavy atom. The molecule has 1 aromatic carbocycles. The molecule has 0 saturated carbocycles. The molecule has 0 bridgehead atoms. The summed E-state index contributed by atoms with van der Waals surface area (Å²) < 4.78 is 1.91. The molecule has 0 aliphatic carbocycles. The van der Waals surface area contributed by atoms with Gasteiger partial charge in [-0.15, -0.1) is 0 Å². The van der Waals surface area contributed by atoms with Crippen LogP contribution in [0.3, 0.4) is 0 Å². The monoisotopic (exact) mass is 298 g/mol. The van der Waals surface area contributed by atoms with Gasteiger partial charge in [0.15, 0.2) is 5.69 Å². The Kier molecular flexibility index (Phi) is 4.24. The van der Waals surface area contributed by atoms with Crippen LogP contribution in [0, 0.1) is 13.8 Å². The van der Waals surface area contributed by atoms with E-state index < -0.39 is 0 Å². The van der Waals surface area contributed by atoms with E-state index in [1.807, 2.05) is 42.9 Å². The van der Waals surface area contributed by atoms with Crippen molar-refractivity contribution < 1.29 is 4.79 Å². The molecule has 1 fully saturated rings. The molecule has 2 N–H and O–H groups in total. The number of nitrogens with one attached hydrogen (secondary N) is 2. The van der Waals surface area contributed by atoms with Gasteiger partial charge >= 0.3 is 0 Å². The standard InChI is InChI=1S/C17H22N4O/c1-12-5-3-7-15(13(12)2)19-17(22)16-8-10-21(20-16)14-6-4-9-18-11-14/h3,5,7-8,10,14,18H,4,6,9,11H2,1-2H3,(H,19,22). The third kappa shape index (κ3) is 3.04. The summed E-state index contributed by atoms with van der Waals surface area (Å²) in [6.45, 7) is 6.03. The van der Waals surface area contributed by atoms with Gasteiger partial charge in [0.05, 0.1) is 6.04 Å². The highest BCUT2D eigenvalue weighted by Crippen LogP contribution is 2.19. The van der Waals surface area contributed by atoms with Crippen LogP contribution in [0.15, 0.2) is 30.5 Å². The summed E-state index contributed by atoms with van der Waals surface area (Å²) in [6.07, 6.45) is 4.15. The van der Waals surface area contributed by atoms with E-state index in [4.69, 9.17) is 0 Å². The van der Waals surface area contributed by atoms with Crippen molar-refractivity contribution in [1.29, 1.82) is 0 Å². The van der Waals surface area contributed by atoms with Crippen molar-refractivity contribution in [1.82, 2.24) is 15.1 Å². The third-order valence-corrected chi connectivity index (χ3v) is 4.34. The second-order valence-corrected chi connectivity index (χ2v) is 5.88. The minimum atomic E-state index is -0.156. The first-order valence-electron chi connectivity index (χ1n) is 7.78. The van der Waals surface area contributed by atoms with Gasteiger partial charge < -0.3 is 10.6 Å². The van der Waals surface area contributed by atoms with Crippen LogP contribution < -0.4 is 10.6 Å². The Morgan fingerprint density at radius 2 is 2.23 bits per heavy atom. The van der Waals surface area contributed by atoms with Gasteiger partial charge in [-0.2, -0.15) is 5.10 Å². The average Bonchev–Trinajstić information content (AvgIpc) is 3.03. The molecule has 0 radical (unpaired) electrons. The van der Waals surface area contributed by atoms with Gasteiger partial charge in [0.1, 0.15) is 0 Å². The summed E-state index contributed by atoms with van der Waals surface area (Å²) in [6, 6.07) is 8.04. The average molecular weight is 298 g/mol. The highest BCUT2D eigenvalue weighted by atomic mass is 16.1. The largest absolute Gasteiger partial charge is 0.320 e. The minimum Gasteiger partial charge on any atom is -0.320 e. The fraction of sp³-hybridized carbons (Fsp3) is 0.412. The van der Waals surface area contributed by atoms with Gasteiger partial charge in [0.25, 0.3) is 5.91 Å². The molecule has 1 aliphatic heterocycles. The lowest BCUT2D eigenvalue weighted by Crippen LogP contribution is -2.32. The number of hydrogen-bond acceptors (Lipinski definition) is 3. The molecule has 0 spiro atoms. The number of carbonyl (C=O) groups excluding carboxylic acids is 1. The third-order valence-electron chi connectivity index (χ3n) is 4.34. The predicted octanol–water partition coefficient (Wildman–Crippen LogP) is 2.68. The van der Waals surface area contributed by atoms with E-state index in [2.05, 4.69) is 15.7 Å². The Morgan fingerprint density at radius 1 is 1.36 bits per heavy atom. The molecule has 1 atom stereocenters. The SMILES string of the molecule is Cc1cccc(NC(=O)c2ccn(C3CCCNC3)n2)c1C. The van der Waals surface area contributed by atoms with Gasteiger partial charge in [-0.05, 0) is 56.5 Å². The number of rotatable bonds is 3. The highest BCUT2D eigenvalue weighted by molar-refractivity contribution is 6.03. The molecule has 1 unspecified atom stereocenters. The summed E-state index contributed by atoms with van der Waals surface area (Å²) in [7, 11) is 0. The zero-order chi connectivity index (χ0) is 15.5. The Balaban J connectivity index is 1.72. The molecule has 5 nitrogen and oxygen atoms in total. The first-order chi connectivity index (χ1) is 10.6. The number of aromatic nitrogens is 2. The molecule has 1 aliphatic rings. The Labute approximate surface area is 130 Å². The molecule has 3 rings (SSSR count). The van der Waals surface area contributed by atoms with Crippen molar-refractivity contribution in [2.45, 2.75) is 32.7 Å². The fourth-order valence-corrected chi connectivity index (χ4v) is 2.79. The summed E-state index contributed by atoms with van der Waals surface area (Å²) in [5.41, 5.74) is 3.56. The van der Waals surface area contributed by atoms with Crippen LogP contribution in [0.2, 0.25) is 0 Å². The van der Waals surface area contributed by atoms with Crippen LogP contribution in [0.1, 0.15) is 40.5 Å². The van der Waals surface area contributed by atoms with Crippen LogP contribution in [0.25, 0.3) is 0 Å². The zero-order valence-electron chi connectivity index (χ0n) is 13.1. The van der Waals surface area contributed by atoms with Crippen molar-refractivity contribution in [2.24, 2.45) is 0 Å². The quantitative estimate of drug-likeness (QED) is 0.916. The number of piperidine rings is 1. The van der Waals surface area contributed by atoms with Crippen molar-refractivity contribution in [3.63, 3.8) is 0 Å². The second-order valence-electron chi connectivity index (χ2n) is 5.88. The van der Waals surface area contributed by atoms with Gasteiger partial charge in [0.2, 0.25) is 0 Å². The second kappa shape index (κ2) is 6.32. The lowest BCUT2D eigenvalue weighted by Gasteiger charge is -2.22. The minimum absolute atomic E-state index is 0.156. The smallest absolute Gasteiger partial charge is 0.276 e. The zero-order valence-corrected chi connectivity index (χ0v) is 13.1. The first kappa shape index (κ1) is 14.8. The molecule has 116 valence electrons. The number of hydrogen-bond donors (Lipinski definition) is 2. The maximum Gasteiger partial charge on any atom is 0.276 e. The molecular weight excluding hydrogens is 276 g/mol. The maximum absolute atomic E-state index is 12.4. The Bertz CT molecular complexity index is 671. The summed E-state index contributed by atoms with van der Waals surface area (Å²) in [4.78, 5) is 12.4. The molecule has 2 aromatic rings. The van der Waals surface area contributed by atoms with Gasteiger partial charge in [-0.1, -0.05) is 12.1 Å². The molecule has 2 heterocycles. The van der Waals surface area contributed by atoms with E-state index in [0.29, 0.717) is 11.7 Å². The van der Waals surface area contributed by atoms with E-state index in [9.17, 15) is 4.79 Å². The van der Waals surface area contributed by atoms with Gasteiger partial charge in [-0.3, -0.25) is 9.48 Å². The summed E-state index contributed by atoms with van der Waals surface area (Å²) >= 11 is 0. The van der Waals surface area contributed by atoms with Crippen molar-refractivity contribution in [3.8, 4) is 0 Å². The van der Waals surface area contributed by atoms with E-state index >= 15 is 0 Å². The van der Waals surface area contributed by atoms with Crippen molar-refractivity contribution in [3.05, 3.63) is 47.3 Å². The maximum atomic E-state index is 12.4. The van der Waals surface area contributed by atoms with Crippen LogP contribution in [0.4, 0.5) is 5.69 Å². The lowest BCUT2D eigenvalue weighted by molar-refractivity contribution is 0.102. The van der Waals surface area contributed by atoms with Crippen LogP contribution >= 0.6 is 0 Å². The number of carbonyl (C=O) groups is 1. The number of anilines is 1. The highest BCUT2D eigenvalue weighted by Gasteiger charge is 2.18. The molecule has 1 amide bonds. The normalized spacial score (nSPS) is 18.2. The fourth-order valence-electron chi connectivity index (χ4n) is 2.79. The number of aryl methyl sites for hydroxylation is 1. The van der Waals surface area contributed by atoms with Gasteiger partial charge in [-0.25, -0.2) is 0 Å². The lowest BCUT2D eigenvalue weighted by atomic mass is 10.1. The van der Waals surface area contributed by atoms with Crippen molar-refractivity contribution >= 4 is 11.6 Å². The summed E-state index contributed by atoms with van der Waals surface area (Å²) in [5.74, 6) is -0.156. The molecule has 5 heteroatoms. The molecule has 1 saturated heterocycles. The molecule has 22 heavy (non-hydrogen) atoms. The predicted molar refractivity (Wildman–Crippen MR) is 87.2 cm³/mol. The number of benzene rings is 1. The van der Waals surface area contributed by atoms with E-state index in [1.54, 1.807) is 6.07 Å². The summed E-state index contributed by atoms with van der Waals surface area (Å²) in [5, 5.41) is 10.8. The van der Waals surface area contributed by atoms with Crippen LogP contribution in [-0.4, -0.2) is 28.8 Å². The van der Waals surface area contributed by atoms with Crippen LogP contribution in [-0.2, 0) is 0 Å². The Hall–Kier alpha value is -2.14. The molecular formula is C17H22N4O. The number of nitrogens with zero attached hydrogens (tertiary/aromatic N) is 2. The number of amides is 1. The van der Waals surface area contributed by atoms with Gasteiger partial charge in [0, 0.05) is 18.4 Å². The topological polar surface area (TPSA) is 59.0 Å². The molecule has 1 aromatic heterocycles. The first-order valence-corrected chi connectivity index (χ1v) is 7.78. The van der Waals surface area contributed by atoms with Crippen molar-refractivity contribution in [2.75, 3.05) is 18.4 Å². The van der Waals surface area contributed by atoms with E-state index in [1.165, 1.54) is 0 Å². The van der Waals surface area contributed by atoms with E-state index in [0.717, 1.165) is 42.7 Å². The van der Waals surface area contributed by atoms with Crippen LogP contribution in [0.5, 0.6) is 0 Å².